The molecule has 0 radical (unpaired) electrons. The molecule has 0 saturated carbocycles. The van der Waals surface area contributed by atoms with E-state index in [0.717, 1.165) is 22.4 Å². The summed E-state index contributed by atoms with van der Waals surface area (Å²) in [6.45, 7) is 6.76. The number of halogens is 2. The first kappa shape index (κ1) is 18.3. The summed E-state index contributed by atoms with van der Waals surface area (Å²) < 4.78 is 6.49. The van der Waals surface area contributed by atoms with Gasteiger partial charge in [-0.05, 0) is 47.0 Å². The number of unbranched alkanes of at least 4 members (excludes halogenated alkanes) is 5. The van der Waals surface area contributed by atoms with Crippen LogP contribution in [0.3, 0.4) is 0 Å². The molecule has 0 aliphatic heterocycles. The molecule has 0 saturated heterocycles. The fourth-order valence-corrected chi connectivity index (χ4v) is 3.01. The molecule has 1 atom stereocenters. The lowest BCUT2D eigenvalue weighted by Crippen LogP contribution is -2.22. The first-order valence-electron chi connectivity index (χ1n) is 7.85. The molecular weight excluding hydrogens is 385 g/mol. The lowest BCUT2D eigenvalue weighted by molar-refractivity contribution is 0.289. The highest BCUT2D eigenvalue weighted by Crippen LogP contribution is 2.36. The molecule has 0 N–H and O–H groups in total. The molecule has 0 bridgehead atoms. The van der Waals surface area contributed by atoms with Crippen molar-refractivity contribution in [3.63, 3.8) is 0 Å². The first-order chi connectivity index (χ1) is 9.53. The van der Waals surface area contributed by atoms with E-state index in [1.165, 1.54) is 44.9 Å². The van der Waals surface area contributed by atoms with Crippen molar-refractivity contribution in [2.75, 3.05) is 0 Å². The van der Waals surface area contributed by atoms with Crippen LogP contribution < -0.4 is 0 Å². The van der Waals surface area contributed by atoms with E-state index in [-0.39, 0.29) is 5.41 Å². The van der Waals surface area contributed by atoms with Crippen molar-refractivity contribution >= 4 is 34.2 Å². The summed E-state index contributed by atoms with van der Waals surface area (Å²) in [4.78, 5) is 4.54. The lowest BCUT2D eigenvalue weighted by atomic mass is 9.80. The van der Waals surface area contributed by atoms with E-state index >= 15 is 0 Å². The standard InChI is InChI=1S/C16H27ClINO/c1-4-6-8-9-10-12-16(3,11-7-5-2)15-19-14(18)13(17)20-15/h4-12H2,1-3H3. The molecule has 0 spiro atoms. The molecule has 0 aliphatic carbocycles. The molecule has 2 nitrogen and oxygen atoms in total. The number of nitrogens with zero attached hydrogens (tertiary/aromatic N) is 1. The van der Waals surface area contributed by atoms with Gasteiger partial charge in [-0.15, -0.1) is 0 Å². The zero-order valence-electron chi connectivity index (χ0n) is 13.0. The van der Waals surface area contributed by atoms with Crippen LogP contribution >= 0.6 is 34.2 Å². The Bertz CT molecular complexity index is 374. The molecule has 0 fully saturated rings. The third-order valence-corrected chi connectivity index (χ3v) is 5.28. The second kappa shape index (κ2) is 9.29. The Kier molecular flexibility index (Phi) is 8.49. The average molecular weight is 412 g/mol. The van der Waals surface area contributed by atoms with Gasteiger partial charge in [0.15, 0.2) is 3.70 Å². The van der Waals surface area contributed by atoms with Crippen molar-refractivity contribution in [2.24, 2.45) is 0 Å². The van der Waals surface area contributed by atoms with Crippen LogP contribution in [0, 0.1) is 3.70 Å². The second-order valence-electron chi connectivity index (χ2n) is 5.91. The number of aromatic nitrogens is 1. The van der Waals surface area contributed by atoms with Crippen molar-refractivity contribution in [3.8, 4) is 0 Å². The van der Waals surface area contributed by atoms with Crippen LogP contribution in [0.4, 0.5) is 0 Å². The summed E-state index contributed by atoms with van der Waals surface area (Å²) in [5, 5.41) is 0.439. The minimum atomic E-state index is 0.0370. The van der Waals surface area contributed by atoms with E-state index in [2.05, 4.69) is 48.3 Å². The SMILES string of the molecule is CCCCCCCC(C)(CCCC)c1nc(I)c(Cl)o1. The van der Waals surface area contributed by atoms with E-state index in [1.54, 1.807) is 0 Å². The van der Waals surface area contributed by atoms with Gasteiger partial charge >= 0.3 is 0 Å². The summed E-state index contributed by atoms with van der Waals surface area (Å²) in [7, 11) is 0. The van der Waals surface area contributed by atoms with Crippen LogP contribution in [-0.4, -0.2) is 4.98 Å². The van der Waals surface area contributed by atoms with Crippen LogP contribution in [0.15, 0.2) is 4.42 Å². The van der Waals surface area contributed by atoms with Crippen molar-refractivity contribution in [1.29, 1.82) is 0 Å². The Morgan fingerprint density at radius 1 is 1.05 bits per heavy atom. The fraction of sp³-hybridized carbons (Fsp3) is 0.812. The zero-order chi connectivity index (χ0) is 15.0. The second-order valence-corrected chi connectivity index (χ2v) is 7.28. The average Bonchev–Trinajstić information content (AvgIpc) is 2.77. The van der Waals surface area contributed by atoms with Crippen LogP contribution in [0.25, 0.3) is 0 Å². The van der Waals surface area contributed by atoms with Gasteiger partial charge in [0.05, 0.1) is 0 Å². The topological polar surface area (TPSA) is 26.0 Å². The molecule has 0 amide bonds. The molecular formula is C16H27ClINO. The van der Waals surface area contributed by atoms with Gasteiger partial charge in [-0.2, -0.15) is 0 Å². The van der Waals surface area contributed by atoms with Crippen LogP contribution in [0.1, 0.15) is 84.4 Å². The molecule has 1 rings (SSSR count). The highest BCUT2D eigenvalue weighted by molar-refractivity contribution is 14.1. The van der Waals surface area contributed by atoms with Gasteiger partial charge in [0.2, 0.25) is 11.1 Å². The Labute approximate surface area is 142 Å². The maximum absolute atomic E-state index is 6.04. The highest BCUT2D eigenvalue weighted by atomic mass is 127. The molecule has 0 aromatic carbocycles. The minimum Gasteiger partial charge on any atom is -0.428 e. The van der Waals surface area contributed by atoms with Gasteiger partial charge in [-0.25, -0.2) is 4.98 Å². The number of hydrogen-bond donors (Lipinski definition) is 0. The lowest BCUT2D eigenvalue weighted by Gasteiger charge is -2.26. The summed E-state index contributed by atoms with van der Waals surface area (Å²) in [6.07, 6.45) is 11.2. The third-order valence-electron chi connectivity index (χ3n) is 3.98. The molecule has 116 valence electrons. The van der Waals surface area contributed by atoms with Crippen LogP contribution in [0.5, 0.6) is 0 Å². The molecule has 1 unspecified atom stereocenters. The van der Waals surface area contributed by atoms with Gasteiger partial charge in [0.1, 0.15) is 0 Å². The molecule has 1 aromatic rings. The molecule has 1 aromatic heterocycles. The quantitative estimate of drug-likeness (QED) is 0.315. The highest BCUT2D eigenvalue weighted by Gasteiger charge is 2.31. The van der Waals surface area contributed by atoms with Gasteiger partial charge in [0, 0.05) is 5.41 Å². The van der Waals surface area contributed by atoms with Crippen molar-refractivity contribution < 1.29 is 4.42 Å². The predicted molar refractivity (Wildman–Crippen MR) is 94.5 cm³/mol. The third kappa shape index (κ3) is 5.55. The smallest absolute Gasteiger partial charge is 0.227 e. The van der Waals surface area contributed by atoms with E-state index in [4.69, 9.17) is 16.0 Å². The van der Waals surface area contributed by atoms with Crippen LogP contribution in [-0.2, 0) is 5.41 Å². The predicted octanol–water partition coefficient (Wildman–Crippen LogP) is 6.74. The molecule has 0 aliphatic rings. The zero-order valence-corrected chi connectivity index (χ0v) is 15.9. The fourth-order valence-electron chi connectivity index (χ4n) is 2.57. The van der Waals surface area contributed by atoms with Gasteiger partial charge in [0.25, 0.3) is 0 Å². The monoisotopic (exact) mass is 411 g/mol. The van der Waals surface area contributed by atoms with E-state index in [0.29, 0.717) is 5.22 Å². The van der Waals surface area contributed by atoms with Crippen molar-refractivity contribution in [3.05, 3.63) is 14.8 Å². The summed E-state index contributed by atoms with van der Waals surface area (Å²) >= 11 is 8.18. The van der Waals surface area contributed by atoms with Gasteiger partial charge < -0.3 is 4.42 Å². The normalized spacial score (nSPS) is 14.4. The van der Waals surface area contributed by atoms with E-state index < -0.39 is 0 Å². The Hall–Kier alpha value is 0.230. The maximum Gasteiger partial charge on any atom is 0.227 e. The largest absolute Gasteiger partial charge is 0.428 e. The Morgan fingerprint density at radius 2 is 1.65 bits per heavy atom. The molecule has 4 heteroatoms. The number of rotatable bonds is 10. The first-order valence-corrected chi connectivity index (χ1v) is 9.31. The minimum absolute atomic E-state index is 0.0370. The molecule has 20 heavy (non-hydrogen) atoms. The maximum atomic E-state index is 6.04. The summed E-state index contributed by atoms with van der Waals surface area (Å²) in [6, 6.07) is 0. The van der Waals surface area contributed by atoms with E-state index in [9.17, 15) is 0 Å². The van der Waals surface area contributed by atoms with Crippen LogP contribution in [0.2, 0.25) is 5.22 Å². The molecule has 1 heterocycles. The Morgan fingerprint density at radius 3 is 2.20 bits per heavy atom. The summed E-state index contributed by atoms with van der Waals surface area (Å²) in [5.41, 5.74) is 0.0370. The van der Waals surface area contributed by atoms with Crippen molar-refractivity contribution in [2.45, 2.75) is 84.0 Å². The van der Waals surface area contributed by atoms with Gasteiger partial charge in [-0.1, -0.05) is 65.7 Å². The van der Waals surface area contributed by atoms with Crippen molar-refractivity contribution in [1.82, 2.24) is 4.98 Å². The van der Waals surface area contributed by atoms with Gasteiger partial charge in [-0.3, -0.25) is 0 Å². The Balaban J connectivity index is 2.65. The van der Waals surface area contributed by atoms with E-state index in [1.807, 2.05) is 0 Å². The summed E-state index contributed by atoms with van der Waals surface area (Å²) in [5.74, 6) is 0.829. The number of hydrogen-bond acceptors (Lipinski definition) is 2. The number of oxazole rings is 1.